The van der Waals surface area contributed by atoms with Gasteiger partial charge in [-0.3, -0.25) is 4.99 Å². The minimum absolute atomic E-state index is 0.0231. The molecule has 0 saturated heterocycles. The lowest BCUT2D eigenvalue weighted by Gasteiger charge is -2.21. The topological polar surface area (TPSA) is 65.9 Å². The van der Waals surface area contributed by atoms with Crippen LogP contribution in [0.1, 0.15) is 23.1 Å². The zero-order valence-electron chi connectivity index (χ0n) is 15.2. The zero-order valence-corrected chi connectivity index (χ0v) is 15.2. The molecule has 0 heterocycles. The van der Waals surface area contributed by atoms with E-state index in [4.69, 9.17) is 4.74 Å². The second kappa shape index (κ2) is 10.5. The average molecular weight is 359 g/mol. The van der Waals surface area contributed by atoms with Crippen LogP contribution in [0.4, 0.5) is 4.39 Å². The summed E-state index contributed by atoms with van der Waals surface area (Å²) >= 11 is 0. The summed E-state index contributed by atoms with van der Waals surface area (Å²) in [4.78, 5) is 4.20. The number of hydrogen-bond donors (Lipinski definition) is 3. The SMILES string of the molecule is CN=C(NCC(CO)c1ccccc1)NCC(OC)c1ccc(F)cc1. The number of methoxy groups -OCH3 is 1. The fourth-order valence-corrected chi connectivity index (χ4v) is 2.66. The van der Waals surface area contributed by atoms with Gasteiger partial charge in [-0.2, -0.15) is 0 Å². The Morgan fingerprint density at radius 3 is 2.27 bits per heavy atom. The van der Waals surface area contributed by atoms with Crippen molar-refractivity contribution in [3.05, 3.63) is 71.5 Å². The molecule has 0 amide bonds. The molecule has 0 fully saturated rings. The van der Waals surface area contributed by atoms with Crippen LogP contribution >= 0.6 is 0 Å². The van der Waals surface area contributed by atoms with Gasteiger partial charge in [0, 0.05) is 33.2 Å². The molecule has 0 radical (unpaired) electrons. The second-order valence-corrected chi connectivity index (χ2v) is 5.90. The molecule has 3 N–H and O–H groups in total. The fourth-order valence-electron chi connectivity index (χ4n) is 2.66. The van der Waals surface area contributed by atoms with Gasteiger partial charge in [0.2, 0.25) is 0 Å². The highest BCUT2D eigenvalue weighted by molar-refractivity contribution is 5.79. The van der Waals surface area contributed by atoms with Crippen LogP contribution in [0.3, 0.4) is 0 Å². The second-order valence-electron chi connectivity index (χ2n) is 5.90. The molecule has 0 aliphatic rings. The molecular weight excluding hydrogens is 333 g/mol. The third-order valence-electron chi connectivity index (χ3n) is 4.21. The number of guanidine groups is 1. The summed E-state index contributed by atoms with van der Waals surface area (Å²) in [6, 6.07) is 16.1. The molecule has 0 bridgehead atoms. The van der Waals surface area contributed by atoms with E-state index >= 15 is 0 Å². The van der Waals surface area contributed by atoms with Gasteiger partial charge in [-0.25, -0.2) is 4.39 Å². The lowest BCUT2D eigenvalue weighted by molar-refractivity contribution is 0.106. The van der Waals surface area contributed by atoms with Gasteiger partial charge in [-0.05, 0) is 23.3 Å². The molecule has 0 spiro atoms. The Morgan fingerprint density at radius 2 is 1.69 bits per heavy atom. The smallest absolute Gasteiger partial charge is 0.191 e. The van der Waals surface area contributed by atoms with Crippen molar-refractivity contribution in [2.75, 3.05) is 33.9 Å². The Kier molecular flexibility index (Phi) is 8.05. The third-order valence-corrected chi connectivity index (χ3v) is 4.21. The van der Waals surface area contributed by atoms with Crippen LogP contribution in [0.2, 0.25) is 0 Å². The van der Waals surface area contributed by atoms with Gasteiger partial charge in [0.05, 0.1) is 12.7 Å². The van der Waals surface area contributed by atoms with E-state index < -0.39 is 0 Å². The van der Waals surface area contributed by atoms with Crippen LogP contribution in [0.15, 0.2) is 59.6 Å². The molecule has 140 valence electrons. The largest absolute Gasteiger partial charge is 0.396 e. The predicted octanol–water partition coefficient (Wildman–Crippen LogP) is 2.45. The lowest BCUT2D eigenvalue weighted by atomic mass is 10.0. The minimum Gasteiger partial charge on any atom is -0.396 e. The van der Waals surface area contributed by atoms with Crippen molar-refractivity contribution in [1.82, 2.24) is 10.6 Å². The predicted molar refractivity (Wildman–Crippen MR) is 102 cm³/mol. The molecule has 0 aromatic heterocycles. The zero-order chi connectivity index (χ0) is 18.8. The Bertz CT molecular complexity index is 677. The summed E-state index contributed by atoms with van der Waals surface area (Å²) in [5, 5.41) is 16.1. The van der Waals surface area contributed by atoms with Crippen molar-refractivity contribution < 1.29 is 14.2 Å². The van der Waals surface area contributed by atoms with E-state index in [2.05, 4.69) is 15.6 Å². The number of aliphatic hydroxyl groups excluding tert-OH is 1. The standard InChI is InChI=1S/C20H26FN3O2/c1-22-20(23-12-17(14-25)15-6-4-3-5-7-15)24-13-19(26-2)16-8-10-18(21)11-9-16/h3-11,17,19,25H,12-14H2,1-2H3,(H2,22,23,24). The van der Waals surface area contributed by atoms with E-state index in [0.29, 0.717) is 19.0 Å². The molecule has 2 aromatic rings. The van der Waals surface area contributed by atoms with Gasteiger partial charge in [-0.15, -0.1) is 0 Å². The van der Waals surface area contributed by atoms with Crippen LogP contribution in [0, 0.1) is 5.82 Å². The molecule has 2 unspecified atom stereocenters. The molecule has 2 aromatic carbocycles. The molecule has 0 aliphatic carbocycles. The molecule has 0 aliphatic heterocycles. The number of halogens is 1. The van der Waals surface area contributed by atoms with Crippen molar-refractivity contribution in [1.29, 1.82) is 0 Å². The number of aliphatic imine (C=N–C) groups is 1. The first-order valence-corrected chi connectivity index (χ1v) is 8.56. The maximum atomic E-state index is 13.1. The molecular formula is C20H26FN3O2. The van der Waals surface area contributed by atoms with Gasteiger partial charge in [-0.1, -0.05) is 42.5 Å². The number of rotatable bonds is 8. The summed E-state index contributed by atoms with van der Waals surface area (Å²) in [6.07, 6.45) is -0.225. The number of nitrogens with zero attached hydrogens (tertiary/aromatic N) is 1. The maximum Gasteiger partial charge on any atom is 0.191 e. The van der Waals surface area contributed by atoms with E-state index in [1.54, 1.807) is 26.3 Å². The van der Waals surface area contributed by atoms with Gasteiger partial charge >= 0.3 is 0 Å². The monoisotopic (exact) mass is 359 g/mol. The number of benzene rings is 2. The van der Waals surface area contributed by atoms with Gasteiger partial charge in [0.1, 0.15) is 5.82 Å². The summed E-state index contributed by atoms with van der Waals surface area (Å²) in [6.45, 7) is 1.08. The van der Waals surface area contributed by atoms with Crippen LogP contribution in [-0.2, 0) is 4.74 Å². The highest BCUT2D eigenvalue weighted by atomic mass is 19.1. The quantitative estimate of drug-likeness (QED) is 0.500. The molecule has 0 saturated carbocycles. The van der Waals surface area contributed by atoms with Crippen LogP contribution in [0.25, 0.3) is 0 Å². The highest BCUT2D eigenvalue weighted by Gasteiger charge is 2.13. The Labute approximate surface area is 153 Å². The van der Waals surface area contributed by atoms with E-state index in [1.807, 2.05) is 30.3 Å². The Balaban J connectivity index is 1.89. The van der Waals surface area contributed by atoms with Crippen molar-refractivity contribution in [3.63, 3.8) is 0 Å². The van der Waals surface area contributed by atoms with Gasteiger partial charge < -0.3 is 20.5 Å². The van der Waals surface area contributed by atoms with Crippen molar-refractivity contribution in [2.24, 2.45) is 4.99 Å². The van der Waals surface area contributed by atoms with Crippen molar-refractivity contribution in [3.8, 4) is 0 Å². The number of nitrogens with one attached hydrogen (secondary N) is 2. The van der Waals surface area contributed by atoms with E-state index in [-0.39, 0.29) is 24.4 Å². The first-order valence-electron chi connectivity index (χ1n) is 8.56. The van der Waals surface area contributed by atoms with Gasteiger partial charge in [0.25, 0.3) is 0 Å². The third kappa shape index (κ3) is 5.82. The first-order chi connectivity index (χ1) is 12.7. The Morgan fingerprint density at radius 1 is 1.04 bits per heavy atom. The van der Waals surface area contributed by atoms with E-state index in [9.17, 15) is 9.50 Å². The summed E-state index contributed by atoms with van der Waals surface area (Å²) < 4.78 is 18.5. The van der Waals surface area contributed by atoms with Crippen molar-refractivity contribution >= 4 is 5.96 Å². The minimum atomic E-state index is -0.273. The van der Waals surface area contributed by atoms with Gasteiger partial charge in [0.15, 0.2) is 5.96 Å². The van der Waals surface area contributed by atoms with Crippen LogP contribution in [0.5, 0.6) is 0 Å². The normalized spacial score (nSPS) is 13.9. The van der Waals surface area contributed by atoms with Crippen LogP contribution in [-0.4, -0.2) is 44.9 Å². The Hall–Kier alpha value is -2.44. The maximum absolute atomic E-state index is 13.1. The first kappa shape index (κ1) is 19.9. The fraction of sp³-hybridized carbons (Fsp3) is 0.350. The van der Waals surface area contributed by atoms with Crippen molar-refractivity contribution in [2.45, 2.75) is 12.0 Å². The summed E-state index contributed by atoms with van der Waals surface area (Å²) in [5.41, 5.74) is 1.95. The lowest BCUT2D eigenvalue weighted by Crippen LogP contribution is -2.41. The van der Waals surface area contributed by atoms with E-state index in [0.717, 1.165) is 11.1 Å². The molecule has 26 heavy (non-hydrogen) atoms. The number of hydrogen-bond acceptors (Lipinski definition) is 3. The average Bonchev–Trinajstić information content (AvgIpc) is 2.69. The molecule has 5 nitrogen and oxygen atoms in total. The summed E-state index contributed by atoms with van der Waals surface area (Å²) in [7, 11) is 3.30. The number of aliphatic hydroxyl groups is 1. The molecule has 2 rings (SSSR count). The number of ether oxygens (including phenoxy) is 1. The summed E-state index contributed by atoms with van der Waals surface area (Å²) in [5.74, 6) is 0.318. The molecule has 6 heteroatoms. The van der Waals surface area contributed by atoms with Crippen LogP contribution < -0.4 is 10.6 Å². The van der Waals surface area contributed by atoms with E-state index in [1.165, 1.54) is 12.1 Å². The highest BCUT2D eigenvalue weighted by Crippen LogP contribution is 2.16. The molecule has 2 atom stereocenters.